The number of ketones is 1. The molecule has 1 amide bonds. The van der Waals surface area contributed by atoms with Crippen LogP contribution in [0, 0.1) is 5.41 Å². The number of carbonyl (C=O) groups excluding carboxylic acids is 2. The lowest BCUT2D eigenvalue weighted by molar-refractivity contribution is -0.126. The van der Waals surface area contributed by atoms with Gasteiger partial charge in [-0.3, -0.25) is 9.59 Å². The summed E-state index contributed by atoms with van der Waals surface area (Å²) >= 11 is 0. The Hall–Kier alpha value is -2.04. The van der Waals surface area contributed by atoms with E-state index in [0.29, 0.717) is 37.2 Å². The SMILES string of the molecule is CCc1cc(C(C)=O)c(O)cc1OCCCC(C)(C)C(N)=O. The van der Waals surface area contributed by atoms with Crippen LogP contribution >= 0.6 is 0 Å². The molecule has 1 aromatic rings. The van der Waals surface area contributed by atoms with Gasteiger partial charge in [-0.2, -0.15) is 0 Å². The van der Waals surface area contributed by atoms with Crippen molar-refractivity contribution in [2.75, 3.05) is 6.61 Å². The highest BCUT2D eigenvalue weighted by atomic mass is 16.5. The fourth-order valence-corrected chi connectivity index (χ4v) is 2.13. The van der Waals surface area contributed by atoms with Crippen molar-refractivity contribution in [2.45, 2.75) is 47.0 Å². The molecule has 0 saturated carbocycles. The van der Waals surface area contributed by atoms with Gasteiger partial charge in [0.05, 0.1) is 12.2 Å². The van der Waals surface area contributed by atoms with Crippen molar-refractivity contribution in [1.82, 2.24) is 0 Å². The second-order valence-electron chi connectivity index (χ2n) is 6.09. The molecule has 1 aromatic carbocycles. The number of phenols is 1. The van der Waals surface area contributed by atoms with Crippen LogP contribution in [0.25, 0.3) is 0 Å². The van der Waals surface area contributed by atoms with Crippen LogP contribution in [0.2, 0.25) is 0 Å². The van der Waals surface area contributed by atoms with Crippen molar-refractivity contribution in [3.63, 3.8) is 0 Å². The number of rotatable bonds is 8. The maximum atomic E-state index is 11.4. The van der Waals surface area contributed by atoms with Gasteiger partial charge >= 0.3 is 0 Å². The summed E-state index contributed by atoms with van der Waals surface area (Å²) in [6.07, 6.45) is 2.00. The van der Waals surface area contributed by atoms with Crippen LogP contribution in [0.5, 0.6) is 11.5 Å². The molecule has 0 aromatic heterocycles. The first-order chi connectivity index (χ1) is 10.2. The summed E-state index contributed by atoms with van der Waals surface area (Å²) < 4.78 is 5.70. The van der Waals surface area contributed by atoms with E-state index in [1.807, 2.05) is 6.92 Å². The Kier molecular flexibility index (Phi) is 5.97. The third kappa shape index (κ3) is 4.48. The quantitative estimate of drug-likeness (QED) is 0.571. The molecule has 0 spiro atoms. The number of hydrogen-bond donors (Lipinski definition) is 2. The number of carbonyl (C=O) groups is 2. The summed E-state index contributed by atoms with van der Waals surface area (Å²) in [6, 6.07) is 3.15. The summed E-state index contributed by atoms with van der Waals surface area (Å²) in [5.41, 5.74) is 5.95. The monoisotopic (exact) mass is 307 g/mol. The van der Waals surface area contributed by atoms with Crippen molar-refractivity contribution in [3.05, 3.63) is 23.3 Å². The number of primary amides is 1. The van der Waals surface area contributed by atoms with Crippen LogP contribution in [0.1, 0.15) is 56.5 Å². The zero-order valence-electron chi connectivity index (χ0n) is 13.7. The molecule has 0 aliphatic rings. The maximum absolute atomic E-state index is 11.4. The average molecular weight is 307 g/mol. The van der Waals surface area contributed by atoms with Crippen molar-refractivity contribution >= 4 is 11.7 Å². The third-order valence-corrected chi connectivity index (χ3v) is 3.81. The third-order valence-electron chi connectivity index (χ3n) is 3.81. The summed E-state index contributed by atoms with van der Waals surface area (Å²) in [4.78, 5) is 22.7. The summed E-state index contributed by atoms with van der Waals surface area (Å²) in [5.74, 6) is -0.00814. The number of benzene rings is 1. The molecule has 0 radical (unpaired) electrons. The highest BCUT2D eigenvalue weighted by Crippen LogP contribution is 2.30. The van der Waals surface area contributed by atoms with E-state index in [2.05, 4.69) is 0 Å². The first-order valence-corrected chi connectivity index (χ1v) is 7.48. The molecule has 0 saturated heterocycles. The van der Waals surface area contributed by atoms with E-state index in [1.54, 1.807) is 19.9 Å². The molecule has 22 heavy (non-hydrogen) atoms. The number of aromatic hydroxyl groups is 1. The molecule has 0 unspecified atom stereocenters. The molecule has 3 N–H and O–H groups in total. The molecule has 0 atom stereocenters. The first-order valence-electron chi connectivity index (χ1n) is 7.48. The Morgan fingerprint density at radius 3 is 2.45 bits per heavy atom. The van der Waals surface area contributed by atoms with Gasteiger partial charge in [0.15, 0.2) is 5.78 Å². The zero-order valence-corrected chi connectivity index (χ0v) is 13.7. The molecule has 0 aliphatic heterocycles. The fraction of sp³-hybridized carbons (Fsp3) is 0.529. The van der Waals surface area contributed by atoms with Gasteiger partial charge in [-0.25, -0.2) is 0 Å². The highest BCUT2D eigenvalue weighted by molar-refractivity contribution is 5.97. The lowest BCUT2D eigenvalue weighted by Crippen LogP contribution is -2.31. The largest absolute Gasteiger partial charge is 0.507 e. The minimum atomic E-state index is -0.558. The standard InChI is InChI=1S/C17H25NO4/c1-5-12-9-13(11(2)19)14(20)10-15(12)22-8-6-7-17(3,4)16(18)21/h9-10,20H,5-8H2,1-4H3,(H2,18,21). The van der Waals surface area contributed by atoms with E-state index < -0.39 is 5.41 Å². The van der Waals surface area contributed by atoms with E-state index in [4.69, 9.17) is 10.5 Å². The summed E-state index contributed by atoms with van der Waals surface area (Å²) in [5, 5.41) is 9.88. The van der Waals surface area contributed by atoms with Crippen LogP contribution in [0.4, 0.5) is 0 Å². The van der Waals surface area contributed by atoms with Crippen molar-refractivity contribution in [1.29, 1.82) is 0 Å². The Morgan fingerprint density at radius 2 is 1.95 bits per heavy atom. The molecule has 1 rings (SSSR count). The number of aryl methyl sites for hydroxylation is 1. The van der Waals surface area contributed by atoms with Gasteiger partial charge in [-0.15, -0.1) is 0 Å². The minimum absolute atomic E-state index is 0.0721. The Bertz CT molecular complexity index is 564. The van der Waals surface area contributed by atoms with Crippen LogP contribution in [0.15, 0.2) is 12.1 Å². The molecule has 5 nitrogen and oxygen atoms in total. The molecule has 5 heteroatoms. The molecule has 0 heterocycles. The van der Waals surface area contributed by atoms with Crippen molar-refractivity contribution in [3.8, 4) is 11.5 Å². The predicted octanol–water partition coefficient (Wildman–Crippen LogP) is 2.83. The summed E-state index contributed by atoms with van der Waals surface area (Å²) in [7, 11) is 0. The molecule has 0 aliphatic carbocycles. The van der Waals surface area contributed by atoms with E-state index in [1.165, 1.54) is 13.0 Å². The molecular formula is C17H25NO4. The van der Waals surface area contributed by atoms with Gasteiger partial charge in [0.25, 0.3) is 0 Å². The van der Waals surface area contributed by atoms with Crippen LogP contribution in [-0.2, 0) is 11.2 Å². The number of hydrogen-bond acceptors (Lipinski definition) is 4. The van der Waals surface area contributed by atoms with E-state index in [9.17, 15) is 14.7 Å². The zero-order chi connectivity index (χ0) is 16.9. The first kappa shape index (κ1) is 18.0. The number of ether oxygens (including phenoxy) is 1. The molecular weight excluding hydrogens is 282 g/mol. The van der Waals surface area contributed by atoms with E-state index in [0.717, 1.165) is 5.56 Å². The topological polar surface area (TPSA) is 89.6 Å². The Morgan fingerprint density at radius 1 is 1.32 bits per heavy atom. The predicted molar refractivity (Wildman–Crippen MR) is 85.2 cm³/mol. The number of Topliss-reactive ketones (excluding diaryl/α,β-unsaturated/α-hetero) is 1. The number of phenolic OH excluding ortho intramolecular Hbond substituents is 1. The second kappa shape index (κ2) is 7.29. The molecule has 0 bridgehead atoms. The van der Waals surface area contributed by atoms with Crippen LogP contribution in [0.3, 0.4) is 0 Å². The van der Waals surface area contributed by atoms with Gasteiger partial charge < -0.3 is 15.6 Å². The van der Waals surface area contributed by atoms with Crippen molar-refractivity contribution < 1.29 is 19.4 Å². The van der Waals surface area contributed by atoms with E-state index >= 15 is 0 Å². The van der Waals surface area contributed by atoms with Crippen LogP contribution in [-0.4, -0.2) is 23.4 Å². The average Bonchev–Trinajstić information content (AvgIpc) is 2.43. The smallest absolute Gasteiger partial charge is 0.223 e. The van der Waals surface area contributed by atoms with E-state index in [-0.39, 0.29) is 17.4 Å². The van der Waals surface area contributed by atoms with Gasteiger partial charge in [0.1, 0.15) is 11.5 Å². The Labute approximate surface area is 131 Å². The summed E-state index contributed by atoms with van der Waals surface area (Å²) in [6.45, 7) is 7.41. The van der Waals surface area contributed by atoms with Gasteiger partial charge in [-0.1, -0.05) is 20.8 Å². The molecule has 0 fully saturated rings. The number of amides is 1. The molecule has 122 valence electrons. The van der Waals surface area contributed by atoms with Gasteiger partial charge in [0.2, 0.25) is 5.91 Å². The van der Waals surface area contributed by atoms with Crippen molar-refractivity contribution in [2.24, 2.45) is 11.1 Å². The maximum Gasteiger partial charge on any atom is 0.223 e. The lowest BCUT2D eigenvalue weighted by atomic mass is 9.87. The minimum Gasteiger partial charge on any atom is -0.507 e. The highest BCUT2D eigenvalue weighted by Gasteiger charge is 2.24. The lowest BCUT2D eigenvalue weighted by Gasteiger charge is -2.20. The number of nitrogens with two attached hydrogens (primary N) is 1. The Balaban J connectivity index is 2.72. The van der Waals surface area contributed by atoms with Gasteiger partial charge in [0, 0.05) is 11.5 Å². The second-order valence-corrected chi connectivity index (χ2v) is 6.09. The normalized spacial score (nSPS) is 11.3. The van der Waals surface area contributed by atoms with Gasteiger partial charge in [-0.05, 0) is 37.8 Å². The fourth-order valence-electron chi connectivity index (χ4n) is 2.13. The van der Waals surface area contributed by atoms with Crippen LogP contribution < -0.4 is 10.5 Å².